The molecule has 4 nitrogen and oxygen atoms in total. The van der Waals surface area contributed by atoms with Crippen LogP contribution >= 0.6 is 0 Å². The average Bonchev–Trinajstić information content (AvgIpc) is 3.38. The molecule has 0 heterocycles. The Balaban J connectivity index is 0.000000171. The standard InChI is InChI=1S/2C13H22O2/c2*1-7-8(2)11-6-10(7)9(3)13(11,4)12(14)15-5/h2*7-11H,6H2,1-5H3. The lowest BCUT2D eigenvalue weighted by atomic mass is 9.61. The van der Waals surface area contributed by atoms with Gasteiger partial charge in [-0.15, -0.1) is 0 Å². The van der Waals surface area contributed by atoms with E-state index in [1.165, 1.54) is 27.1 Å². The maximum Gasteiger partial charge on any atom is 0.312 e. The van der Waals surface area contributed by atoms with Crippen molar-refractivity contribution in [2.75, 3.05) is 14.2 Å². The van der Waals surface area contributed by atoms with Crippen molar-refractivity contribution in [2.45, 2.75) is 68.2 Å². The quantitative estimate of drug-likeness (QED) is 0.558. The second-order valence-corrected chi connectivity index (χ2v) is 11.6. The third-order valence-electron chi connectivity index (χ3n) is 11.3. The molecule has 0 aromatic carbocycles. The summed E-state index contributed by atoms with van der Waals surface area (Å²) in [4.78, 5) is 23.9. The monoisotopic (exact) mass is 420 g/mol. The highest BCUT2D eigenvalue weighted by atomic mass is 16.5. The molecule has 0 N–H and O–H groups in total. The smallest absolute Gasteiger partial charge is 0.312 e. The van der Waals surface area contributed by atoms with Gasteiger partial charge in [-0.1, -0.05) is 41.5 Å². The SMILES string of the molecule is COC(=O)C1(C)C(C)C2CC1C(C)C2C.COC(=O)C1(C)C(C)C2CC1C(C)C2C. The normalized spacial score (nSPS) is 53.3. The molecule has 4 bridgehead atoms. The predicted octanol–water partition coefficient (Wildman–Crippen LogP) is 5.45. The molecule has 0 aromatic rings. The van der Waals surface area contributed by atoms with Crippen molar-refractivity contribution in [2.24, 2.45) is 70.0 Å². The lowest BCUT2D eigenvalue weighted by Gasteiger charge is -2.42. The van der Waals surface area contributed by atoms with E-state index in [1.807, 2.05) is 0 Å². The van der Waals surface area contributed by atoms with Crippen molar-refractivity contribution >= 4 is 11.9 Å². The van der Waals surface area contributed by atoms with E-state index in [0.29, 0.717) is 47.3 Å². The van der Waals surface area contributed by atoms with Gasteiger partial charge in [0.15, 0.2) is 0 Å². The Labute approximate surface area is 183 Å². The Bertz CT molecular complexity index is 631. The van der Waals surface area contributed by atoms with Crippen LogP contribution in [0.25, 0.3) is 0 Å². The zero-order valence-corrected chi connectivity index (χ0v) is 20.8. The topological polar surface area (TPSA) is 52.6 Å². The van der Waals surface area contributed by atoms with E-state index in [0.717, 1.165) is 11.8 Å². The number of hydrogen-bond acceptors (Lipinski definition) is 4. The van der Waals surface area contributed by atoms with Crippen LogP contribution in [0.3, 0.4) is 0 Å². The first-order chi connectivity index (χ1) is 13.9. The van der Waals surface area contributed by atoms with E-state index in [2.05, 4.69) is 55.4 Å². The van der Waals surface area contributed by atoms with Crippen LogP contribution in [0.4, 0.5) is 0 Å². The second-order valence-electron chi connectivity index (χ2n) is 11.6. The number of methoxy groups -OCH3 is 2. The van der Waals surface area contributed by atoms with Gasteiger partial charge in [-0.05, 0) is 85.9 Å². The van der Waals surface area contributed by atoms with Gasteiger partial charge < -0.3 is 9.47 Å². The number of carbonyl (C=O) groups is 2. The average molecular weight is 421 g/mol. The largest absolute Gasteiger partial charge is 0.469 e. The minimum Gasteiger partial charge on any atom is -0.469 e. The zero-order chi connectivity index (χ0) is 22.8. The van der Waals surface area contributed by atoms with Crippen LogP contribution < -0.4 is 0 Å². The summed E-state index contributed by atoms with van der Waals surface area (Å²) in [7, 11) is 3.03. The van der Waals surface area contributed by atoms with Gasteiger partial charge >= 0.3 is 11.9 Å². The summed E-state index contributed by atoms with van der Waals surface area (Å²) >= 11 is 0. The molecular weight excluding hydrogens is 376 g/mol. The van der Waals surface area contributed by atoms with Crippen LogP contribution in [0.5, 0.6) is 0 Å². The summed E-state index contributed by atoms with van der Waals surface area (Å²) in [5.41, 5.74) is -0.462. The molecule has 0 amide bonds. The molecule has 4 heteroatoms. The van der Waals surface area contributed by atoms with Gasteiger partial charge in [0.25, 0.3) is 0 Å². The Morgan fingerprint density at radius 1 is 0.633 bits per heavy atom. The minimum atomic E-state index is -0.231. The predicted molar refractivity (Wildman–Crippen MR) is 118 cm³/mol. The van der Waals surface area contributed by atoms with Crippen LogP contribution in [0, 0.1) is 70.0 Å². The summed E-state index contributed by atoms with van der Waals surface area (Å²) in [6.07, 6.45) is 2.43. The number of carbonyl (C=O) groups excluding carboxylic acids is 2. The van der Waals surface area contributed by atoms with E-state index in [-0.39, 0.29) is 22.8 Å². The lowest BCUT2D eigenvalue weighted by molar-refractivity contribution is -0.161. The number of hydrogen-bond donors (Lipinski definition) is 0. The Kier molecular flexibility index (Phi) is 6.15. The van der Waals surface area contributed by atoms with E-state index in [9.17, 15) is 9.59 Å². The molecule has 30 heavy (non-hydrogen) atoms. The molecule has 0 saturated heterocycles. The van der Waals surface area contributed by atoms with Crippen molar-refractivity contribution < 1.29 is 19.1 Å². The van der Waals surface area contributed by atoms with E-state index in [1.54, 1.807) is 0 Å². The fourth-order valence-corrected chi connectivity index (χ4v) is 8.54. The molecule has 12 atom stereocenters. The first kappa shape index (κ1) is 23.6. The molecule has 172 valence electrons. The van der Waals surface area contributed by atoms with E-state index >= 15 is 0 Å². The third-order valence-corrected chi connectivity index (χ3v) is 11.3. The number of ether oxygens (including phenoxy) is 2. The number of esters is 2. The van der Waals surface area contributed by atoms with E-state index < -0.39 is 0 Å². The molecular formula is C26H44O4. The van der Waals surface area contributed by atoms with Crippen molar-refractivity contribution in [3.63, 3.8) is 0 Å². The highest BCUT2D eigenvalue weighted by molar-refractivity contribution is 5.78. The third kappa shape index (κ3) is 2.91. The van der Waals surface area contributed by atoms with Gasteiger partial charge in [-0.3, -0.25) is 9.59 Å². The van der Waals surface area contributed by atoms with Gasteiger partial charge in [0.05, 0.1) is 25.0 Å². The van der Waals surface area contributed by atoms with Crippen molar-refractivity contribution in [1.82, 2.24) is 0 Å². The Morgan fingerprint density at radius 3 is 1.17 bits per heavy atom. The van der Waals surface area contributed by atoms with Crippen LogP contribution in [-0.4, -0.2) is 26.2 Å². The molecule has 4 aliphatic rings. The molecule has 0 aromatic heterocycles. The molecule has 0 radical (unpaired) electrons. The first-order valence-electron chi connectivity index (χ1n) is 12.1. The molecule has 0 aliphatic heterocycles. The first-order valence-corrected chi connectivity index (χ1v) is 12.1. The van der Waals surface area contributed by atoms with E-state index in [4.69, 9.17) is 9.47 Å². The second kappa shape index (κ2) is 7.81. The van der Waals surface area contributed by atoms with Crippen LogP contribution in [0.1, 0.15) is 68.2 Å². The fourth-order valence-electron chi connectivity index (χ4n) is 8.54. The maximum atomic E-state index is 12.0. The van der Waals surface area contributed by atoms with Gasteiger partial charge in [0, 0.05) is 0 Å². The summed E-state index contributed by atoms with van der Waals surface area (Å²) in [6.45, 7) is 17.9. The fraction of sp³-hybridized carbons (Fsp3) is 0.923. The molecule has 4 saturated carbocycles. The van der Waals surface area contributed by atoms with Gasteiger partial charge in [-0.25, -0.2) is 0 Å². The Hall–Kier alpha value is -1.06. The lowest BCUT2D eigenvalue weighted by Crippen LogP contribution is -2.45. The van der Waals surface area contributed by atoms with Crippen LogP contribution in [-0.2, 0) is 19.1 Å². The van der Waals surface area contributed by atoms with Crippen LogP contribution in [0.15, 0.2) is 0 Å². The minimum absolute atomic E-state index is 0.00116. The summed E-state index contributed by atoms with van der Waals surface area (Å²) in [6, 6.07) is 0. The summed E-state index contributed by atoms with van der Waals surface area (Å²) in [5, 5.41) is 0. The maximum absolute atomic E-state index is 12.0. The molecule has 4 rings (SSSR count). The zero-order valence-electron chi connectivity index (χ0n) is 20.8. The number of fused-ring (bicyclic) bond motifs is 4. The molecule has 12 unspecified atom stereocenters. The summed E-state index contributed by atoms with van der Waals surface area (Å²) in [5.74, 6) is 6.30. The van der Waals surface area contributed by atoms with Gasteiger partial charge in [0.2, 0.25) is 0 Å². The van der Waals surface area contributed by atoms with Crippen molar-refractivity contribution in [3.8, 4) is 0 Å². The highest BCUT2D eigenvalue weighted by Gasteiger charge is 2.64. The van der Waals surface area contributed by atoms with Gasteiger partial charge in [-0.2, -0.15) is 0 Å². The van der Waals surface area contributed by atoms with Crippen molar-refractivity contribution in [1.29, 1.82) is 0 Å². The highest BCUT2D eigenvalue weighted by Crippen LogP contribution is 2.65. The molecule has 4 aliphatic carbocycles. The summed E-state index contributed by atoms with van der Waals surface area (Å²) < 4.78 is 10.0. The number of rotatable bonds is 2. The van der Waals surface area contributed by atoms with Gasteiger partial charge in [0.1, 0.15) is 0 Å². The van der Waals surface area contributed by atoms with Crippen LogP contribution in [0.2, 0.25) is 0 Å². The van der Waals surface area contributed by atoms with Crippen molar-refractivity contribution in [3.05, 3.63) is 0 Å². The Morgan fingerprint density at radius 2 is 0.933 bits per heavy atom. The molecule has 4 fully saturated rings. The molecule has 0 spiro atoms.